The molecule has 5 heteroatoms. The standard InChI is InChI=1S/C15H25N3O2/c1-10(2)12-6-4-5-7-13(12)18-15(19)16-8-14-11(3)20-9-17-14/h9-10,12-13H,4-8H2,1-3H3,(H2,16,18,19)/t12-,13+/m1/s1. The molecule has 20 heavy (non-hydrogen) atoms. The SMILES string of the molecule is Cc1ocnc1CNC(=O)N[C@H]1CCCC[C@@H]1C(C)C. The second-order valence-electron chi connectivity index (χ2n) is 5.98. The van der Waals surface area contributed by atoms with Crippen LogP contribution in [0.4, 0.5) is 4.79 Å². The van der Waals surface area contributed by atoms with E-state index in [0.717, 1.165) is 17.9 Å². The van der Waals surface area contributed by atoms with E-state index in [0.29, 0.717) is 24.4 Å². The summed E-state index contributed by atoms with van der Waals surface area (Å²) in [6.07, 6.45) is 6.18. The normalized spacial score (nSPS) is 22.8. The van der Waals surface area contributed by atoms with Crippen LogP contribution in [0.2, 0.25) is 0 Å². The second kappa shape index (κ2) is 6.77. The topological polar surface area (TPSA) is 67.2 Å². The van der Waals surface area contributed by atoms with Crippen molar-refractivity contribution >= 4 is 6.03 Å². The number of aromatic nitrogens is 1. The molecule has 1 aliphatic carbocycles. The number of carbonyl (C=O) groups excluding carboxylic acids is 1. The van der Waals surface area contributed by atoms with Gasteiger partial charge in [-0.1, -0.05) is 26.7 Å². The van der Waals surface area contributed by atoms with Gasteiger partial charge in [0.2, 0.25) is 0 Å². The molecule has 2 rings (SSSR count). The molecule has 0 spiro atoms. The molecule has 1 aliphatic rings. The van der Waals surface area contributed by atoms with E-state index in [1.54, 1.807) is 0 Å². The quantitative estimate of drug-likeness (QED) is 0.890. The van der Waals surface area contributed by atoms with E-state index in [9.17, 15) is 4.79 Å². The summed E-state index contributed by atoms with van der Waals surface area (Å²) in [6, 6.07) is 0.187. The number of hydrogen-bond acceptors (Lipinski definition) is 3. The van der Waals surface area contributed by atoms with Gasteiger partial charge in [-0.3, -0.25) is 0 Å². The Balaban J connectivity index is 1.82. The van der Waals surface area contributed by atoms with Gasteiger partial charge in [0, 0.05) is 6.04 Å². The van der Waals surface area contributed by atoms with Crippen molar-refractivity contribution in [3.8, 4) is 0 Å². The molecule has 1 aromatic rings. The Labute approximate surface area is 120 Å². The maximum atomic E-state index is 12.0. The summed E-state index contributed by atoms with van der Waals surface area (Å²) in [7, 11) is 0. The van der Waals surface area contributed by atoms with Crippen LogP contribution in [0.25, 0.3) is 0 Å². The Morgan fingerprint density at radius 1 is 1.45 bits per heavy atom. The number of nitrogens with one attached hydrogen (secondary N) is 2. The zero-order valence-corrected chi connectivity index (χ0v) is 12.6. The molecule has 5 nitrogen and oxygen atoms in total. The first-order valence-corrected chi connectivity index (χ1v) is 7.51. The van der Waals surface area contributed by atoms with Crippen LogP contribution >= 0.6 is 0 Å². The van der Waals surface area contributed by atoms with Crippen LogP contribution in [0.15, 0.2) is 10.8 Å². The molecular formula is C15H25N3O2. The highest BCUT2D eigenvalue weighted by atomic mass is 16.3. The number of urea groups is 1. The van der Waals surface area contributed by atoms with E-state index < -0.39 is 0 Å². The number of hydrogen-bond donors (Lipinski definition) is 2. The maximum Gasteiger partial charge on any atom is 0.315 e. The van der Waals surface area contributed by atoms with Crippen LogP contribution in [-0.4, -0.2) is 17.1 Å². The Bertz CT molecular complexity index is 442. The minimum atomic E-state index is -0.107. The Morgan fingerprint density at radius 2 is 2.20 bits per heavy atom. The van der Waals surface area contributed by atoms with Crippen LogP contribution < -0.4 is 10.6 Å². The van der Waals surface area contributed by atoms with Crippen LogP contribution in [0.3, 0.4) is 0 Å². The molecule has 2 atom stereocenters. The van der Waals surface area contributed by atoms with E-state index in [1.165, 1.54) is 25.7 Å². The first kappa shape index (κ1) is 14.9. The molecular weight excluding hydrogens is 254 g/mol. The van der Waals surface area contributed by atoms with Crippen molar-refractivity contribution in [2.45, 2.75) is 59.0 Å². The Kier molecular flexibility index (Phi) is 5.04. The number of nitrogens with zero attached hydrogens (tertiary/aromatic N) is 1. The molecule has 0 aromatic carbocycles. The number of rotatable bonds is 4. The van der Waals surface area contributed by atoms with Gasteiger partial charge in [0.25, 0.3) is 0 Å². The maximum absolute atomic E-state index is 12.0. The van der Waals surface area contributed by atoms with Gasteiger partial charge in [-0.25, -0.2) is 9.78 Å². The Morgan fingerprint density at radius 3 is 2.85 bits per heavy atom. The molecule has 2 amide bonds. The minimum absolute atomic E-state index is 0.107. The van der Waals surface area contributed by atoms with Crippen molar-refractivity contribution < 1.29 is 9.21 Å². The highest BCUT2D eigenvalue weighted by Gasteiger charge is 2.28. The lowest BCUT2D eigenvalue weighted by Crippen LogP contribution is -2.47. The first-order valence-electron chi connectivity index (χ1n) is 7.51. The molecule has 0 aliphatic heterocycles. The third kappa shape index (κ3) is 3.74. The second-order valence-corrected chi connectivity index (χ2v) is 5.98. The summed E-state index contributed by atoms with van der Waals surface area (Å²) >= 11 is 0. The fraction of sp³-hybridized carbons (Fsp3) is 0.733. The molecule has 0 bridgehead atoms. The summed E-state index contributed by atoms with van der Waals surface area (Å²) in [5.74, 6) is 1.95. The van der Waals surface area contributed by atoms with Gasteiger partial charge in [-0.05, 0) is 31.6 Å². The van der Waals surface area contributed by atoms with Gasteiger partial charge >= 0.3 is 6.03 Å². The summed E-state index contributed by atoms with van der Waals surface area (Å²) in [5.41, 5.74) is 0.782. The number of carbonyl (C=O) groups is 1. The lowest BCUT2D eigenvalue weighted by molar-refractivity contribution is 0.194. The van der Waals surface area contributed by atoms with Crippen molar-refractivity contribution in [1.29, 1.82) is 0 Å². The third-order valence-electron chi connectivity index (χ3n) is 4.25. The predicted molar refractivity (Wildman–Crippen MR) is 77.2 cm³/mol. The summed E-state index contributed by atoms with van der Waals surface area (Å²) in [6.45, 7) is 6.73. The van der Waals surface area contributed by atoms with E-state index in [-0.39, 0.29) is 6.03 Å². The minimum Gasteiger partial charge on any atom is -0.448 e. The molecule has 0 unspecified atom stereocenters. The number of oxazole rings is 1. The van der Waals surface area contributed by atoms with Crippen molar-refractivity contribution in [3.05, 3.63) is 17.8 Å². The first-order chi connectivity index (χ1) is 9.58. The monoisotopic (exact) mass is 279 g/mol. The molecule has 0 saturated heterocycles. The summed E-state index contributed by atoms with van der Waals surface area (Å²) in [5, 5.41) is 5.98. The van der Waals surface area contributed by atoms with Gasteiger partial charge in [-0.2, -0.15) is 0 Å². The van der Waals surface area contributed by atoms with Gasteiger partial charge < -0.3 is 15.1 Å². The molecule has 1 fully saturated rings. The highest BCUT2D eigenvalue weighted by molar-refractivity contribution is 5.74. The lowest BCUT2D eigenvalue weighted by atomic mass is 9.78. The summed E-state index contributed by atoms with van der Waals surface area (Å²) in [4.78, 5) is 16.1. The number of amides is 2. The van der Waals surface area contributed by atoms with Crippen LogP contribution in [-0.2, 0) is 6.54 Å². The van der Waals surface area contributed by atoms with Crippen molar-refractivity contribution in [2.75, 3.05) is 0 Å². The number of aryl methyl sites for hydroxylation is 1. The largest absolute Gasteiger partial charge is 0.448 e. The molecule has 1 aromatic heterocycles. The molecule has 1 heterocycles. The summed E-state index contributed by atoms with van der Waals surface area (Å²) < 4.78 is 5.11. The fourth-order valence-electron chi connectivity index (χ4n) is 3.02. The zero-order chi connectivity index (χ0) is 14.5. The van der Waals surface area contributed by atoms with E-state index in [4.69, 9.17) is 4.42 Å². The van der Waals surface area contributed by atoms with Gasteiger partial charge in [0.1, 0.15) is 11.5 Å². The van der Waals surface area contributed by atoms with Gasteiger partial charge in [0.05, 0.1) is 6.54 Å². The van der Waals surface area contributed by atoms with E-state index >= 15 is 0 Å². The lowest BCUT2D eigenvalue weighted by Gasteiger charge is -2.34. The van der Waals surface area contributed by atoms with E-state index in [2.05, 4.69) is 29.5 Å². The third-order valence-corrected chi connectivity index (χ3v) is 4.25. The van der Waals surface area contributed by atoms with Gasteiger partial charge in [0.15, 0.2) is 6.39 Å². The smallest absolute Gasteiger partial charge is 0.315 e. The van der Waals surface area contributed by atoms with Crippen molar-refractivity contribution in [1.82, 2.24) is 15.6 Å². The van der Waals surface area contributed by atoms with E-state index in [1.807, 2.05) is 6.92 Å². The van der Waals surface area contributed by atoms with Crippen LogP contribution in [0.1, 0.15) is 51.0 Å². The predicted octanol–water partition coefficient (Wildman–Crippen LogP) is 3.00. The molecule has 112 valence electrons. The zero-order valence-electron chi connectivity index (χ0n) is 12.6. The molecule has 1 saturated carbocycles. The van der Waals surface area contributed by atoms with Crippen LogP contribution in [0.5, 0.6) is 0 Å². The van der Waals surface area contributed by atoms with Crippen LogP contribution in [0, 0.1) is 18.8 Å². The average Bonchev–Trinajstić information content (AvgIpc) is 2.82. The van der Waals surface area contributed by atoms with Crippen molar-refractivity contribution in [3.63, 3.8) is 0 Å². The van der Waals surface area contributed by atoms with Gasteiger partial charge in [-0.15, -0.1) is 0 Å². The fourth-order valence-corrected chi connectivity index (χ4v) is 3.02. The van der Waals surface area contributed by atoms with Crippen molar-refractivity contribution in [2.24, 2.45) is 11.8 Å². The average molecular weight is 279 g/mol. The molecule has 2 N–H and O–H groups in total. The Hall–Kier alpha value is -1.52. The highest BCUT2D eigenvalue weighted by Crippen LogP contribution is 2.30. The molecule has 0 radical (unpaired) electrons.